The average Bonchev–Trinajstić information content (AvgIpc) is 3.22. The molecule has 8 rings (SSSR count). The summed E-state index contributed by atoms with van der Waals surface area (Å²) >= 11 is 0. The van der Waals surface area contributed by atoms with Gasteiger partial charge in [-0.1, -0.05) is 72.8 Å². The third-order valence-electron chi connectivity index (χ3n) is 7.46. The van der Waals surface area contributed by atoms with Crippen LogP contribution in [0.1, 0.15) is 5.69 Å². The molecule has 0 amide bonds. The summed E-state index contributed by atoms with van der Waals surface area (Å²) in [6, 6.07) is 42.4. The first-order chi connectivity index (χ1) is 19.3. The number of aromatic nitrogens is 3. The van der Waals surface area contributed by atoms with Crippen LogP contribution in [0.3, 0.4) is 0 Å². The number of fused-ring (bicyclic) bond motifs is 4. The molecule has 7 aromatic rings. The zero-order valence-corrected chi connectivity index (χ0v) is 21.0. The summed E-state index contributed by atoms with van der Waals surface area (Å²) in [7, 11) is 0. The molecule has 0 saturated heterocycles. The maximum Gasteiger partial charge on any atom is 0.0980 e. The van der Waals surface area contributed by atoms with Crippen LogP contribution in [0.2, 0.25) is 0 Å². The van der Waals surface area contributed by atoms with E-state index in [4.69, 9.17) is 4.98 Å². The fourth-order valence-electron chi connectivity index (χ4n) is 5.48. The molecule has 0 saturated carbocycles. The second-order valence-corrected chi connectivity index (χ2v) is 9.79. The van der Waals surface area contributed by atoms with Crippen LogP contribution in [0.4, 0.5) is 5.69 Å². The number of pyridine rings is 2. The van der Waals surface area contributed by atoms with E-state index in [1.807, 2.05) is 30.6 Å². The van der Waals surface area contributed by atoms with E-state index in [-0.39, 0.29) is 0 Å². The SMILES string of the molecule is C1=Nc2c1n(-c1ccc(-c3cc(-c4ccc5ccccc5c4)cc(-c4ccccn4)n3)cc1)c1ccccc21. The van der Waals surface area contributed by atoms with E-state index in [2.05, 4.69) is 118 Å². The van der Waals surface area contributed by atoms with E-state index in [0.29, 0.717) is 0 Å². The van der Waals surface area contributed by atoms with Crippen LogP contribution in [0.5, 0.6) is 0 Å². The highest BCUT2D eigenvalue weighted by molar-refractivity contribution is 6.10. The Balaban J connectivity index is 1.25. The van der Waals surface area contributed by atoms with Crippen molar-refractivity contribution >= 4 is 33.6 Å². The minimum atomic E-state index is 0.856. The van der Waals surface area contributed by atoms with E-state index in [1.54, 1.807) is 0 Å². The first kappa shape index (κ1) is 21.7. The van der Waals surface area contributed by atoms with Crippen molar-refractivity contribution in [1.82, 2.24) is 14.5 Å². The summed E-state index contributed by atoms with van der Waals surface area (Å²) in [5.74, 6) is 0. The fourth-order valence-corrected chi connectivity index (χ4v) is 5.48. The van der Waals surface area contributed by atoms with Crippen molar-refractivity contribution in [2.45, 2.75) is 0 Å². The quantitative estimate of drug-likeness (QED) is 0.244. The topological polar surface area (TPSA) is 43.1 Å². The van der Waals surface area contributed by atoms with Crippen molar-refractivity contribution < 1.29 is 0 Å². The lowest BCUT2D eigenvalue weighted by molar-refractivity contribution is 1.10. The molecule has 0 atom stereocenters. The maximum atomic E-state index is 5.06. The maximum absolute atomic E-state index is 5.06. The van der Waals surface area contributed by atoms with E-state index >= 15 is 0 Å². The molecule has 4 aromatic carbocycles. The summed E-state index contributed by atoms with van der Waals surface area (Å²) < 4.78 is 2.28. The van der Waals surface area contributed by atoms with Gasteiger partial charge >= 0.3 is 0 Å². The highest BCUT2D eigenvalue weighted by Gasteiger charge is 2.21. The van der Waals surface area contributed by atoms with Gasteiger partial charge in [0.1, 0.15) is 0 Å². The van der Waals surface area contributed by atoms with Gasteiger partial charge in [-0.3, -0.25) is 9.98 Å². The van der Waals surface area contributed by atoms with Crippen LogP contribution >= 0.6 is 0 Å². The van der Waals surface area contributed by atoms with E-state index in [1.165, 1.54) is 21.7 Å². The third kappa shape index (κ3) is 3.57. The number of hydrogen-bond acceptors (Lipinski definition) is 3. The first-order valence-electron chi connectivity index (χ1n) is 13.0. The van der Waals surface area contributed by atoms with Crippen LogP contribution in [0, 0.1) is 0 Å². The zero-order valence-electron chi connectivity index (χ0n) is 21.0. The van der Waals surface area contributed by atoms with Gasteiger partial charge in [-0.25, -0.2) is 4.98 Å². The van der Waals surface area contributed by atoms with Gasteiger partial charge in [0.25, 0.3) is 0 Å². The minimum Gasteiger partial charge on any atom is -0.306 e. The lowest BCUT2D eigenvalue weighted by Gasteiger charge is -2.13. The largest absolute Gasteiger partial charge is 0.306 e. The van der Waals surface area contributed by atoms with Crippen LogP contribution in [-0.2, 0) is 0 Å². The van der Waals surface area contributed by atoms with E-state index in [9.17, 15) is 0 Å². The smallest absolute Gasteiger partial charge is 0.0980 e. The van der Waals surface area contributed by atoms with Gasteiger partial charge in [0.05, 0.1) is 40.2 Å². The Labute approximate surface area is 225 Å². The van der Waals surface area contributed by atoms with E-state index in [0.717, 1.165) is 50.8 Å². The molecule has 1 aliphatic rings. The van der Waals surface area contributed by atoms with Crippen molar-refractivity contribution in [3.63, 3.8) is 0 Å². The fraction of sp³-hybridized carbons (Fsp3) is 0. The highest BCUT2D eigenvalue weighted by atomic mass is 15.1. The summed E-state index contributed by atoms with van der Waals surface area (Å²) in [6.45, 7) is 0. The Bertz CT molecular complexity index is 2050. The van der Waals surface area contributed by atoms with Crippen molar-refractivity contribution in [2.24, 2.45) is 4.99 Å². The molecule has 182 valence electrons. The van der Waals surface area contributed by atoms with E-state index < -0.39 is 0 Å². The Morgan fingerprint density at radius 1 is 0.538 bits per heavy atom. The normalized spacial score (nSPS) is 12.0. The number of rotatable bonds is 4. The molecule has 4 nitrogen and oxygen atoms in total. The van der Waals surface area contributed by atoms with Crippen LogP contribution in [0.15, 0.2) is 133 Å². The molecular formula is C35H22N4. The Morgan fingerprint density at radius 2 is 1.31 bits per heavy atom. The zero-order chi connectivity index (χ0) is 25.8. The molecular weight excluding hydrogens is 476 g/mol. The Hall–Kier alpha value is -5.35. The van der Waals surface area contributed by atoms with Crippen molar-refractivity contribution in [1.29, 1.82) is 0 Å². The summed E-state index contributed by atoms with van der Waals surface area (Å²) in [4.78, 5) is 14.2. The number of aliphatic imine (C=N–C) groups is 1. The summed E-state index contributed by atoms with van der Waals surface area (Å²) in [6.07, 6.45) is 3.76. The molecule has 39 heavy (non-hydrogen) atoms. The van der Waals surface area contributed by atoms with Crippen LogP contribution < -0.4 is 0 Å². The minimum absolute atomic E-state index is 0.856. The standard InChI is InChI=1S/C35H22N4/c1-2-8-25-19-26(13-12-23(25)7-1)27-20-31(38-32(21-27)30-10-5-6-18-36-30)24-14-16-28(17-15-24)39-33-11-4-3-9-29(33)35-34(39)22-37-35/h1-22H. The lowest BCUT2D eigenvalue weighted by atomic mass is 9.98. The molecule has 0 unspecified atom stereocenters. The van der Waals surface area contributed by atoms with Crippen molar-refractivity contribution in [2.75, 3.05) is 0 Å². The van der Waals surface area contributed by atoms with Gasteiger partial charge in [-0.05, 0) is 70.4 Å². The Morgan fingerprint density at radius 3 is 2.13 bits per heavy atom. The molecule has 0 N–H and O–H groups in total. The number of para-hydroxylation sites is 1. The highest BCUT2D eigenvalue weighted by Crippen LogP contribution is 2.39. The van der Waals surface area contributed by atoms with Gasteiger partial charge in [-0.15, -0.1) is 0 Å². The molecule has 0 aliphatic carbocycles. The van der Waals surface area contributed by atoms with Gasteiger partial charge in [0.2, 0.25) is 0 Å². The predicted octanol–water partition coefficient (Wildman–Crippen LogP) is 8.64. The van der Waals surface area contributed by atoms with Gasteiger partial charge < -0.3 is 4.57 Å². The lowest BCUT2D eigenvalue weighted by Crippen LogP contribution is -2.02. The number of nitrogens with zero attached hydrogens (tertiary/aromatic N) is 4. The molecule has 0 fully saturated rings. The summed E-state index contributed by atoms with van der Waals surface area (Å²) in [5, 5.41) is 3.63. The second-order valence-electron chi connectivity index (χ2n) is 9.79. The average molecular weight is 499 g/mol. The molecule has 0 radical (unpaired) electrons. The molecule has 4 heteroatoms. The first-order valence-corrected chi connectivity index (χ1v) is 13.0. The molecule has 0 spiro atoms. The van der Waals surface area contributed by atoms with Crippen molar-refractivity contribution in [3.05, 3.63) is 133 Å². The monoisotopic (exact) mass is 498 g/mol. The van der Waals surface area contributed by atoms with Crippen LogP contribution in [0.25, 0.3) is 61.1 Å². The predicted molar refractivity (Wildman–Crippen MR) is 160 cm³/mol. The molecule has 1 aliphatic heterocycles. The summed E-state index contributed by atoms with van der Waals surface area (Å²) in [5.41, 5.74) is 10.5. The Kier molecular flexibility index (Phi) is 4.79. The third-order valence-corrected chi connectivity index (χ3v) is 7.46. The van der Waals surface area contributed by atoms with Crippen molar-refractivity contribution in [3.8, 4) is 39.5 Å². The molecule has 0 bridgehead atoms. The number of hydrogen-bond donors (Lipinski definition) is 0. The number of benzene rings is 4. The van der Waals surface area contributed by atoms with Gasteiger partial charge in [0.15, 0.2) is 0 Å². The van der Waals surface area contributed by atoms with Crippen LogP contribution in [-0.4, -0.2) is 20.7 Å². The molecule has 3 aromatic heterocycles. The van der Waals surface area contributed by atoms with Gasteiger partial charge in [-0.2, -0.15) is 0 Å². The van der Waals surface area contributed by atoms with Gasteiger partial charge in [0, 0.05) is 22.8 Å². The molecule has 4 heterocycles. The second kappa shape index (κ2) is 8.61.